The molecule has 0 saturated carbocycles. The molecule has 1 amide bonds. The van der Waals surface area contributed by atoms with Gasteiger partial charge in [-0.1, -0.05) is 35.9 Å². The molecular weight excluding hydrogens is 362 g/mol. The minimum Gasteiger partial charge on any atom is -0.351 e. The molecule has 1 saturated heterocycles. The molecule has 5 nitrogen and oxygen atoms in total. The van der Waals surface area contributed by atoms with Crippen molar-refractivity contribution in [3.05, 3.63) is 69.7 Å². The van der Waals surface area contributed by atoms with Crippen molar-refractivity contribution in [1.82, 2.24) is 15.2 Å². The van der Waals surface area contributed by atoms with Gasteiger partial charge in [-0.15, -0.1) is 0 Å². The number of rotatable bonds is 8. The highest BCUT2D eigenvalue weighted by atomic mass is 35.5. The topological polar surface area (TPSA) is 65.2 Å². The van der Waals surface area contributed by atoms with E-state index in [1.165, 1.54) is 29.4 Å². The second-order valence-electron chi connectivity index (χ2n) is 6.75. The van der Waals surface area contributed by atoms with Crippen LogP contribution in [0.15, 0.2) is 58.5 Å². The summed E-state index contributed by atoms with van der Waals surface area (Å²) in [6, 6.07) is 2.90. The molecule has 1 aromatic heterocycles. The number of carbonyl (C=O) groups is 1. The van der Waals surface area contributed by atoms with E-state index in [0.29, 0.717) is 18.0 Å². The van der Waals surface area contributed by atoms with E-state index in [0.717, 1.165) is 38.9 Å². The third-order valence-corrected chi connectivity index (χ3v) is 4.90. The highest BCUT2D eigenvalue weighted by Crippen LogP contribution is 2.24. The summed E-state index contributed by atoms with van der Waals surface area (Å²) in [5.41, 5.74) is 3.11. The van der Waals surface area contributed by atoms with Gasteiger partial charge in [-0.05, 0) is 56.8 Å². The fourth-order valence-electron chi connectivity index (χ4n) is 3.29. The second kappa shape index (κ2) is 11.6. The van der Waals surface area contributed by atoms with Crippen LogP contribution in [0.2, 0.25) is 0 Å². The highest BCUT2D eigenvalue weighted by molar-refractivity contribution is 6.25. The number of halogens is 1. The van der Waals surface area contributed by atoms with Gasteiger partial charge in [-0.2, -0.15) is 0 Å². The minimum atomic E-state index is -0.208. The maximum Gasteiger partial charge on any atom is 0.252 e. The normalized spacial score (nSPS) is 17.0. The number of aromatic amines is 1. The van der Waals surface area contributed by atoms with Crippen LogP contribution in [-0.2, 0) is 0 Å². The Morgan fingerprint density at radius 3 is 2.78 bits per heavy atom. The number of piperidine rings is 1. The van der Waals surface area contributed by atoms with Crippen molar-refractivity contribution in [2.75, 3.05) is 26.2 Å². The van der Waals surface area contributed by atoms with Gasteiger partial charge in [-0.25, -0.2) is 0 Å². The van der Waals surface area contributed by atoms with Crippen LogP contribution in [0, 0.1) is 5.92 Å². The number of aromatic nitrogens is 1. The average Bonchev–Trinajstić information content (AvgIpc) is 2.68. The molecule has 0 atom stereocenters. The smallest absolute Gasteiger partial charge is 0.252 e. The number of allylic oxidation sites excluding steroid dienone is 5. The lowest BCUT2D eigenvalue weighted by Crippen LogP contribution is -2.39. The van der Waals surface area contributed by atoms with Crippen LogP contribution in [0.1, 0.15) is 36.5 Å². The first kappa shape index (κ1) is 21.2. The van der Waals surface area contributed by atoms with Crippen molar-refractivity contribution >= 4 is 17.5 Å². The van der Waals surface area contributed by atoms with E-state index in [1.54, 1.807) is 0 Å². The van der Waals surface area contributed by atoms with Gasteiger partial charge in [0.1, 0.15) is 0 Å². The molecule has 0 aliphatic carbocycles. The Labute approximate surface area is 165 Å². The van der Waals surface area contributed by atoms with Gasteiger partial charge in [0.05, 0.1) is 5.56 Å². The maximum atomic E-state index is 12.0. The van der Waals surface area contributed by atoms with Crippen molar-refractivity contribution in [2.45, 2.75) is 26.2 Å². The zero-order chi connectivity index (χ0) is 19.5. The third kappa shape index (κ3) is 7.57. The molecule has 2 N–H and O–H groups in total. The van der Waals surface area contributed by atoms with E-state index in [9.17, 15) is 9.59 Å². The molecule has 146 valence electrons. The first-order chi connectivity index (χ1) is 13.1. The summed E-state index contributed by atoms with van der Waals surface area (Å²) in [7, 11) is 0. The summed E-state index contributed by atoms with van der Waals surface area (Å²) in [4.78, 5) is 28.0. The monoisotopic (exact) mass is 389 g/mol. The summed E-state index contributed by atoms with van der Waals surface area (Å²) in [6.07, 6.45) is 13.0. The molecule has 0 unspecified atom stereocenters. The van der Waals surface area contributed by atoms with Crippen molar-refractivity contribution < 1.29 is 4.79 Å². The van der Waals surface area contributed by atoms with Gasteiger partial charge in [-0.3, -0.25) is 9.59 Å². The molecule has 0 aromatic carbocycles. The first-order valence-electron chi connectivity index (χ1n) is 9.40. The summed E-state index contributed by atoms with van der Waals surface area (Å²) in [5.74, 6) is 0.526. The summed E-state index contributed by atoms with van der Waals surface area (Å²) in [6.45, 7) is 5.57. The Hall–Kier alpha value is -2.11. The van der Waals surface area contributed by atoms with Gasteiger partial charge >= 0.3 is 0 Å². The number of H-pyrrole nitrogens is 1. The van der Waals surface area contributed by atoms with Gasteiger partial charge in [0.2, 0.25) is 5.56 Å². The number of amides is 1. The molecule has 0 bridgehead atoms. The van der Waals surface area contributed by atoms with Gasteiger partial charge in [0, 0.05) is 30.9 Å². The van der Waals surface area contributed by atoms with E-state index in [-0.39, 0.29) is 11.5 Å². The Bertz CT molecular complexity index is 724. The zero-order valence-electron chi connectivity index (χ0n) is 15.8. The molecule has 6 heteroatoms. The largest absolute Gasteiger partial charge is 0.351 e. The van der Waals surface area contributed by atoms with Crippen LogP contribution in [0.4, 0.5) is 0 Å². The number of likely N-dealkylation sites (tertiary alicyclic amines) is 1. The maximum absolute atomic E-state index is 12.0. The summed E-state index contributed by atoms with van der Waals surface area (Å²) < 4.78 is 0. The summed E-state index contributed by atoms with van der Waals surface area (Å²) >= 11 is 5.62. The van der Waals surface area contributed by atoms with E-state index in [1.807, 2.05) is 13.0 Å². The lowest BCUT2D eigenvalue weighted by molar-refractivity contribution is 0.0943. The lowest BCUT2D eigenvalue weighted by Gasteiger charge is -2.32. The molecule has 1 aliphatic rings. The van der Waals surface area contributed by atoms with Crippen LogP contribution in [0.3, 0.4) is 0 Å². The fraction of sp³-hybridized carbons (Fsp3) is 0.429. The number of nitrogens with zero attached hydrogens (tertiary/aromatic N) is 1. The summed E-state index contributed by atoms with van der Waals surface area (Å²) in [5, 5.41) is 2.91. The SMILES string of the molecule is C\C=C/C(=C\C=C\Cl)CC1CCN(CCNC(=O)c2ccc(=O)[nH]c2)CC1. The van der Waals surface area contributed by atoms with Gasteiger partial charge in [0.25, 0.3) is 5.91 Å². The van der Waals surface area contributed by atoms with Crippen LogP contribution < -0.4 is 10.9 Å². The molecule has 2 heterocycles. The molecule has 0 radical (unpaired) electrons. The minimum absolute atomic E-state index is 0.158. The van der Waals surface area contributed by atoms with E-state index in [4.69, 9.17) is 11.6 Å². The fourth-order valence-corrected chi connectivity index (χ4v) is 3.37. The predicted octanol–water partition coefficient (Wildman–Crippen LogP) is 3.46. The average molecular weight is 390 g/mol. The van der Waals surface area contributed by atoms with E-state index >= 15 is 0 Å². The molecular formula is C21H28ClN3O2. The molecule has 0 spiro atoms. The Kier molecular flexibility index (Phi) is 9.08. The van der Waals surface area contributed by atoms with Crippen LogP contribution >= 0.6 is 11.6 Å². The molecule has 27 heavy (non-hydrogen) atoms. The molecule has 1 aliphatic heterocycles. The quantitative estimate of drug-likeness (QED) is 0.669. The highest BCUT2D eigenvalue weighted by Gasteiger charge is 2.19. The number of nitrogens with one attached hydrogen (secondary N) is 2. The lowest BCUT2D eigenvalue weighted by atomic mass is 9.89. The first-order valence-corrected chi connectivity index (χ1v) is 9.84. The molecule has 2 rings (SSSR count). The Morgan fingerprint density at radius 2 is 2.15 bits per heavy atom. The number of pyridine rings is 1. The van der Waals surface area contributed by atoms with Crippen molar-refractivity contribution in [3.63, 3.8) is 0 Å². The van der Waals surface area contributed by atoms with E-state index in [2.05, 4.69) is 33.4 Å². The van der Waals surface area contributed by atoms with Crippen molar-refractivity contribution in [2.24, 2.45) is 5.92 Å². The van der Waals surface area contributed by atoms with Crippen LogP contribution in [0.5, 0.6) is 0 Å². The van der Waals surface area contributed by atoms with E-state index < -0.39 is 0 Å². The molecule has 1 fully saturated rings. The second-order valence-corrected chi connectivity index (χ2v) is 7.00. The molecule has 1 aromatic rings. The van der Waals surface area contributed by atoms with Gasteiger partial charge < -0.3 is 15.2 Å². The standard InChI is InChI=1S/C21H28ClN3O2/c1-2-4-17(5-3-10-22)15-18-8-12-25(13-9-18)14-11-23-21(27)19-6-7-20(26)24-16-19/h2-7,10,16,18H,8-9,11-15H2,1H3,(H,23,27)(H,24,26)/b4-2-,10-3+,17-5+. The predicted molar refractivity (Wildman–Crippen MR) is 111 cm³/mol. The van der Waals surface area contributed by atoms with Crippen LogP contribution in [-0.4, -0.2) is 42.0 Å². The zero-order valence-corrected chi connectivity index (χ0v) is 16.5. The third-order valence-electron chi connectivity index (χ3n) is 4.76. The number of hydrogen-bond acceptors (Lipinski definition) is 3. The Balaban J connectivity index is 1.70. The van der Waals surface area contributed by atoms with Crippen LogP contribution in [0.25, 0.3) is 0 Å². The van der Waals surface area contributed by atoms with Crippen molar-refractivity contribution in [1.29, 1.82) is 0 Å². The number of hydrogen-bond donors (Lipinski definition) is 2. The Morgan fingerprint density at radius 1 is 1.37 bits per heavy atom. The van der Waals surface area contributed by atoms with Gasteiger partial charge in [0.15, 0.2) is 0 Å². The van der Waals surface area contributed by atoms with Crippen molar-refractivity contribution in [3.8, 4) is 0 Å². The number of carbonyl (C=O) groups excluding carboxylic acids is 1.